The topological polar surface area (TPSA) is 72.5 Å². The molecule has 3 aromatic rings. The Kier molecular flexibility index (Phi) is 5.93. The van der Waals surface area contributed by atoms with Crippen molar-refractivity contribution in [2.45, 2.75) is 24.8 Å². The maximum Gasteiger partial charge on any atom is 0.291 e. The first-order valence-electron chi connectivity index (χ1n) is 8.28. The Hall–Kier alpha value is -2.94. The van der Waals surface area contributed by atoms with E-state index in [0.717, 1.165) is 5.56 Å². The van der Waals surface area contributed by atoms with Crippen molar-refractivity contribution >= 4 is 18.0 Å². The minimum atomic E-state index is -2.65. The van der Waals surface area contributed by atoms with Crippen LogP contribution >= 0.6 is 11.8 Å². The van der Waals surface area contributed by atoms with Crippen LogP contribution in [0.1, 0.15) is 16.7 Å². The van der Waals surface area contributed by atoms with E-state index in [1.54, 1.807) is 57.4 Å². The molecule has 0 fully saturated rings. The van der Waals surface area contributed by atoms with Gasteiger partial charge in [-0.05, 0) is 78.7 Å². The molecule has 146 valence electrons. The fraction of sp³-hybridized carbons (Fsp3) is 0.211. The number of thioether (sulfide) groups is 1. The number of aromatic nitrogens is 3. The first-order valence-corrected chi connectivity index (χ1v) is 9.16. The van der Waals surface area contributed by atoms with Gasteiger partial charge in [-0.25, -0.2) is 0 Å². The summed E-state index contributed by atoms with van der Waals surface area (Å²) in [6, 6.07) is 10.5. The van der Waals surface area contributed by atoms with Gasteiger partial charge in [0, 0.05) is 5.56 Å². The van der Waals surface area contributed by atoms with Gasteiger partial charge in [-0.3, -0.25) is 0 Å². The molecule has 0 spiro atoms. The molecule has 1 N–H and O–H groups in total. The Balaban J connectivity index is 2.02. The second-order valence-corrected chi connectivity index (χ2v) is 6.93. The molecule has 0 aliphatic rings. The zero-order valence-corrected chi connectivity index (χ0v) is 16.2. The third kappa shape index (κ3) is 4.30. The molecule has 28 heavy (non-hydrogen) atoms. The second kappa shape index (κ2) is 8.39. The first kappa shape index (κ1) is 19.8. The van der Waals surface area contributed by atoms with E-state index in [-0.39, 0.29) is 22.7 Å². The molecular weight excluding hydrogens is 386 g/mol. The summed E-state index contributed by atoms with van der Waals surface area (Å²) in [6.07, 6.45) is 1.52. The molecule has 0 radical (unpaired) electrons. The van der Waals surface area contributed by atoms with Gasteiger partial charge < -0.3 is 9.84 Å². The van der Waals surface area contributed by atoms with E-state index in [1.165, 1.54) is 10.9 Å². The van der Waals surface area contributed by atoms with Crippen LogP contribution in [0, 0.1) is 13.8 Å². The fourth-order valence-corrected chi connectivity index (χ4v) is 3.11. The Morgan fingerprint density at radius 1 is 1.14 bits per heavy atom. The number of hydrogen-bond donors (Lipinski definition) is 1. The normalized spacial score (nSPS) is 11.5. The lowest BCUT2D eigenvalue weighted by atomic mass is 10.1. The zero-order valence-electron chi connectivity index (χ0n) is 15.4. The molecule has 0 aliphatic carbocycles. The average Bonchev–Trinajstić information content (AvgIpc) is 3.06. The third-order valence-electron chi connectivity index (χ3n) is 3.99. The van der Waals surface area contributed by atoms with E-state index in [9.17, 15) is 13.9 Å². The number of phenolic OH excluding ortho intramolecular Hbond substituents is 1. The monoisotopic (exact) mass is 404 g/mol. The number of rotatable bonds is 6. The van der Waals surface area contributed by atoms with Crippen LogP contribution in [0.3, 0.4) is 0 Å². The number of aryl methyl sites for hydroxylation is 2. The minimum absolute atomic E-state index is 0.0238. The van der Waals surface area contributed by atoms with Gasteiger partial charge in [0.1, 0.15) is 11.5 Å². The predicted octanol–water partition coefficient (Wildman–Crippen LogP) is 4.47. The van der Waals surface area contributed by atoms with Crippen LogP contribution in [-0.2, 0) is 0 Å². The smallest absolute Gasteiger partial charge is 0.291 e. The molecule has 1 heterocycles. The van der Waals surface area contributed by atoms with Crippen LogP contribution in [-0.4, -0.2) is 39.1 Å². The lowest BCUT2D eigenvalue weighted by Crippen LogP contribution is -1.99. The highest BCUT2D eigenvalue weighted by Crippen LogP contribution is 2.29. The summed E-state index contributed by atoms with van der Waals surface area (Å²) in [5, 5.41) is 22.1. The van der Waals surface area contributed by atoms with Crippen molar-refractivity contribution in [2.24, 2.45) is 5.10 Å². The van der Waals surface area contributed by atoms with Crippen molar-refractivity contribution in [3.63, 3.8) is 0 Å². The number of benzene rings is 2. The zero-order chi connectivity index (χ0) is 20.3. The summed E-state index contributed by atoms with van der Waals surface area (Å²) in [6.45, 7) is 3.55. The lowest BCUT2D eigenvalue weighted by Gasteiger charge is -2.07. The standard InChI is InChI=1S/C19H18F2N4O2S/c1-11-8-13(9-12(2)16(11)26)10-22-25-17(23-24-19(25)28-18(20)21)14-4-6-15(27-3)7-5-14/h4-10,18,26H,1-3H3/b22-10+. The average molecular weight is 404 g/mol. The molecule has 1 aromatic heterocycles. The molecule has 0 atom stereocenters. The number of aromatic hydroxyl groups is 1. The number of nitrogens with zero attached hydrogens (tertiary/aromatic N) is 4. The minimum Gasteiger partial charge on any atom is -0.507 e. The van der Waals surface area contributed by atoms with E-state index >= 15 is 0 Å². The quantitative estimate of drug-likeness (QED) is 0.485. The molecule has 0 aliphatic heterocycles. The number of hydrogen-bond acceptors (Lipinski definition) is 6. The molecule has 9 heteroatoms. The third-order valence-corrected chi connectivity index (χ3v) is 4.63. The molecule has 6 nitrogen and oxygen atoms in total. The van der Waals surface area contributed by atoms with E-state index in [2.05, 4.69) is 15.3 Å². The van der Waals surface area contributed by atoms with Gasteiger partial charge in [-0.2, -0.15) is 18.6 Å². The van der Waals surface area contributed by atoms with E-state index in [1.807, 2.05) is 0 Å². The summed E-state index contributed by atoms with van der Waals surface area (Å²) in [5.41, 5.74) is 2.77. The van der Waals surface area contributed by atoms with Gasteiger partial charge in [0.15, 0.2) is 5.82 Å². The molecule has 0 saturated heterocycles. The van der Waals surface area contributed by atoms with Crippen LogP contribution < -0.4 is 4.74 Å². The Bertz CT molecular complexity index is 981. The van der Waals surface area contributed by atoms with Gasteiger partial charge in [0.2, 0.25) is 5.16 Å². The van der Waals surface area contributed by atoms with Gasteiger partial charge >= 0.3 is 0 Å². The molecular formula is C19H18F2N4O2S. The van der Waals surface area contributed by atoms with Crippen molar-refractivity contribution in [1.29, 1.82) is 0 Å². The summed E-state index contributed by atoms with van der Waals surface area (Å²) >= 11 is 0.270. The Labute approximate surface area is 164 Å². The Morgan fingerprint density at radius 3 is 2.36 bits per heavy atom. The Morgan fingerprint density at radius 2 is 1.79 bits per heavy atom. The van der Waals surface area contributed by atoms with Crippen LogP contribution in [0.5, 0.6) is 11.5 Å². The number of ether oxygens (including phenoxy) is 1. The predicted molar refractivity (Wildman–Crippen MR) is 104 cm³/mol. The van der Waals surface area contributed by atoms with Crippen LogP contribution in [0.2, 0.25) is 0 Å². The SMILES string of the molecule is COc1ccc(-c2nnc(SC(F)F)n2/N=C/c2cc(C)c(O)c(C)c2)cc1. The van der Waals surface area contributed by atoms with Gasteiger partial charge in [0.05, 0.1) is 13.3 Å². The maximum atomic E-state index is 12.9. The van der Waals surface area contributed by atoms with Crippen LogP contribution in [0.25, 0.3) is 11.4 Å². The summed E-state index contributed by atoms with van der Waals surface area (Å²) in [5.74, 6) is -1.45. The van der Waals surface area contributed by atoms with Gasteiger partial charge in [-0.15, -0.1) is 10.2 Å². The molecule has 0 bridgehead atoms. The van der Waals surface area contributed by atoms with E-state index in [0.29, 0.717) is 28.3 Å². The van der Waals surface area contributed by atoms with Crippen LogP contribution in [0.15, 0.2) is 46.7 Å². The van der Waals surface area contributed by atoms with Crippen molar-refractivity contribution < 1.29 is 18.6 Å². The van der Waals surface area contributed by atoms with E-state index < -0.39 is 5.76 Å². The fourth-order valence-electron chi connectivity index (χ4n) is 2.63. The highest BCUT2D eigenvalue weighted by Gasteiger charge is 2.18. The highest BCUT2D eigenvalue weighted by molar-refractivity contribution is 7.99. The molecule has 0 amide bonds. The summed E-state index contributed by atoms with van der Waals surface area (Å²) < 4.78 is 32.2. The van der Waals surface area contributed by atoms with Crippen molar-refractivity contribution in [1.82, 2.24) is 14.9 Å². The van der Waals surface area contributed by atoms with Crippen LogP contribution in [0.4, 0.5) is 8.78 Å². The lowest BCUT2D eigenvalue weighted by molar-refractivity contribution is 0.251. The maximum absolute atomic E-state index is 12.9. The van der Waals surface area contributed by atoms with Crippen molar-refractivity contribution in [3.05, 3.63) is 53.1 Å². The van der Waals surface area contributed by atoms with E-state index in [4.69, 9.17) is 4.74 Å². The first-order chi connectivity index (χ1) is 13.4. The number of phenols is 1. The summed E-state index contributed by atoms with van der Waals surface area (Å²) in [4.78, 5) is 0. The number of alkyl halides is 2. The molecule has 3 rings (SSSR count). The second-order valence-electron chi connectivity index (χ2n) is 5.97. The van der Waals surface area contributed by atoms with Crippen molar-refractivity contribution in [2.75, 3.05) is 7.11 Å². The number of halogens is 2. The highest BCUT2D eigenvalue weighted by atomic mass is 32.2. The van der Waals surface area contributed by atoms with Gasteiger partial charge in [0.25, 0.3) is 5.76 Å². The van der Waals surface area contributed by atoms with Gasteiger partial charge in [-0.1, -0.05) is 0 Å². The molecule has 0 unspecified atom stereocenters. The van der Waals surface area contributed by atoms with Crippen molar-refractivity contribution in [3.8, 4) is 22.9 Å². The largest absolute Gasteiger partial charge is 0.507 e. The summed E-state index contributed by atoms with van der Waals surface area (Å²) in [7, 11) is 1.56. The molecule has 0 saturated carbocycles. The number of methoxy groups -OCH3 is 1. The molecule has 2 aromatic carbocycles.